The lowest BCUT2D eigenvalue weighted by Gasteiger charge is -2.01. The average molecular weight is 219 g/mol. The molecule has 0 aliphatic heterocycles. The number of furan rings is 1. The summed E-state index contributed by atoms with van der Waals surface area (Å²) in [5.74, 6) is -0.787. The molecular formula is C10H9N3O3. The van der Waals surface area contributed by atoms with E-state index in [4.69, 9.17) is 4.42 Å². The van der Waals surface area contributed by atoms with Crippen molar-refractivity contribution in [3.8, 4) is 0 Å². The molecule has 82 valence electrons. The fourth-order valence-electron chi connectivity index (χ4n) is 1.15. The van der Waals surface area contributed by atoms with Gasteiger partial charge in [0.2, 0.25) is 0 Å². The zero-order valence-electron chi connectivity index (χ0n) is 8.29. The van der Waals surface area contributed by atoms with Crippen molar-refractivity contribution >= 4 is 11.8 Å². The second-order valence-electron chi connectivity index (χ2n) is 3.04. The molecule has 0 aromatic carbocycles. The summed E-state index contributed by atoms with van der Waals surface area (Å²) in [7, 11) is 0. The Kier molecular flexibility index (Phi) is 2.81. The third-order valence-corrected chi connectivity index (χ3v) is 1.94. The minimum Gasteiger partial charge on any atom is -0.467 e. The van der Waals surface area contributed by atoms with Gasteiger partial charge in [-0.1, -0.05) is 0 Å². The Bertz CT molecular complexity index is 473. The van der Waals surface area contributed by atoms with Crippen LogP contribution in [0.5, 0.6) is 0 Å². The van der Waals surface area contributed by atoms with Gasteiger partial charge in [-0.3, -0.25) is 14.2 Å². The minimum atomic E-state index is -0.700. The van der Waals surface area contributed by atoms with Crippen molar-refractivity contribution in [3.05, 3.63) is 42.9 Å². The van der Waals surface area contributed by atoms with E-state index in [1.807, 2.05) is 0 Å². The van der Waals surface area contributed by atoms with Gasteiger partial charge in [-0.2, -0.15) is 0 Å². The van der Waals surface area contributed by atoms with Gasteiger partial charge in [0.1, 0.15) is 12.1 Å². The van der Waals surface area contributed by atoms with Crippen molar-refractivity contribution in [2.45, 2.75) is 6.54 Å². The van der Waals surface area contributed by atoms with E-state index in [1.54, 1.807) is 12.1 Å². The first-order chi connectivity index (χ1) is 7.77. The number of rotatable bonds is 2. The topological polar surface area (TPSA) is 77.1 Å². The second kappa shape index (κ2) is 4.43. The highest BCUT2D eigenvalue weighted by molar-refractivity contribution is 6.35. The Hall–Kier alpha value is -2.37. The number of carbonyl (C=O) groups is 2. The largest absolute Gasteiger partial charge is 0.467 e. The van der Waals surface area contributed by atoms with Gasteiger partial charge in [0.25, 0.3) is 0 Å². The maximum Gasteiger partial charge on any atom is 0.321 e. The number of amides is 1. The van der Waals surface area contributed by atoms with Crippen LogP contribution in [-0.4, -0.2) is 21.4 Å². The molecule has 0 unspecified atom stereocenters. The molecule has 0 spiro atoms. The van der Waals surface area contributed by atoms with Gasteiger partial charge in [0, 0.05) is 12.4 Å². The summed E-state index contributed by atoms with van der Waals surface area (Å²) in [6, 6.07) is 3.42. The fourth-order valence-corrected chi connectivity index (χ4v) is 1.15. The molecule has 2 aromatic heterocycles. The smallest absolute Gasteiger partial charge is 0.321 e. The number of nitrogens with one attached hydrogen (secondary N) is 1. The Morgan fingerprint density at radius 1 is 1.50 bits per heavy atom. The van der Waals surface area contributed by atoms with Crippen LogP contribution in [0.1, 0.15) is 10.6 Å². The minimum absolute atomic E-state index is 0.187. The highest BCUT2D eigenvalue weighted by Gasteiger charge is 2.14. The summed E-state index contributed by atoms with van der Waals surface area (Å²) >= 11 is 0. The Morgan fingerprint density at radius 2 is 2.38 bits per heavy atom. The van der Waals surface area contributed by atoms with E-state index in [0.717, 1.165) is 4.57 Å². The van der Waals surface area contributed by atoms with E-state index >= 15 is 0 Å². The van der Waals surface area contributed by atoms with Crippen LogP contribution >= 0.6 is 0 Å². The van der Waals surface area contributed by atoms with Crippen molar-refractivity contribution < 1.29 is 14.0 Å². The lowest BCUT2D eigenvalue weighted by atomic mass is 10.4. The third-order valence-electron chi connectivity index (χ3n) is 1.94. The molecule has 0 aliphatic carbocycles. The highest BCUT2D eigenvalue weighted by atomic mass is 16.3. The summed E-state index contributed by atoms with van der Waals surface area (Å²) in [6.45, 7) is 0.187. The van der Waals surface area contributed by atoms with Crippen LogP contribution in [0.2, 0.25) is 0 Å². The molecule has 16 heavy (non-hydrogen) atoms. The monoisotopic (exact) mass is 219 g/mol. The zero-order valence-corrected chi connectivity index (χ0v) is 8.29. The van der Waals surface area contributed by atoms with Crippen molar-refractivity contribution in [3.63, 3.8) is 0 Å². The van der Waals surface area contributed by atoms with Gasteiger partial charge < -0.3 is 9.73 Å². The molecule has 0 fully saturated rings. The predicted octanol–water partition coefficient (Wildman–Crippen LogP) is 0.433. The number of nitrogens with zero attached hydrogens (tertiary/aromatic N) is 2. The quantitative estimate of drug-likeness (QED) is 0.743. The van der Waals surface area contributed by atoms with Crippen LogP contribution in [0.4, 0.5) is 0 Å². The molecule has 6 heteroatoms. The van der Waals surface area contributed by atoms with Gasteiger partial charge in [0.15, 0.2) is 0 Å². The summed E-state index contributed by atoms with van der Waals surface area (Å²) < 4.78 is 6.12. The van der Waals surface area contributed by atoms with Gasteiger partial charge in [0.05, 0.1) is 12.8 Å². The predicted molar refractivity (Wildman–Crippen MR) is 53.4 cm³/mol. The van der Waals surface area contributed by atoms with Gasteiger partial charge in [-0.15, -0.1) is 0 Å². The van der Waals surface area contributed by atoms with E-state index in [-0.39, 0.29) is 6.54 Å². The molecule has 1 N–H and O–H groups in total. The molecular weight excluding hydrogens is 210 g/mol. The van der Waals surface area contributed by atoms with Crippen LogP contribution < -0.4 is 5.32 Å². The molecule has 0 aliphatic rings. The first-order valence-corrected chi connectivity index (χ1v) is 4.60. The van der Waals surface area contributed by atoms with Crippen molar-refractivity contribution in [2.24, 2.45) is 0 Å². The van der Waals surface area contributed by atoms with Crippen molar-refractivity contribution in [1.29, 1.82) is 0 Å². The first kappa shape index (κ1) is 10.2. The molecule has 0 bridgehead atoms. The standard InChI is InChI=1S/C10H9N3O3/c14-9(10(15)13-4-3-11-7-13)12-6-8-2-1-5-16-8/h1-5,7H,6H2,(H,12,14). The number of carbonyl (C=O) groups excluding carboxylic acids is 2. The van der Waals surface area contributed by atoms with Crippen LogP contribution in [0, 0.1) is 0 Å². The third kappa shape index (κ3) is 2.17. The maximum absolute atomic E-state index is 11.4. The molecule has 0 atom stereocenters. The summed E-state index contributed by atoms with van der Waals surface area (Å²) in [4.78, 5) is 26.5. The fraction of sp³-hybridized carbons (Fsp3) is 0.100. The van der Waals surface area contributed by atoms with Crippen LogP contribution in [0.15, 0.2) is 41.5 Å². The van der Waals surface area contributed by atoms with Crippen molar-refractivity contribution in [2.75, 3.05) is 0 Å². The number of aromatic nitrogens is 2. The molecule has 2 aromatic rings. The average Bonchev–Trinajstić information content (AvgIpc) is 2.96. The Labute approximate surface area is 90.9 Å². The van der Waals surface area contributed by atoms with E-state index in [1.165, 1.54) is 25.0 Å². The number of imidazole rings is 1. The van der Waals surface area contributed by atoms with Crippen LogP contribution in [-0.2, 0) is 11.3 Å². The van der Waals surface area contributed by atoms with E-state index in [9.17, 15) is 9.59 Å². The van der Waals surface area contributed by atoms with E-state index in [2.05, 4.69) is 10.3 Å². The van der Waals surface area contributed by atoms with Crippen molar-refractivity contribution in [1.82, 2.24) is 14.9 Å². The first-order valence-electron chi connectivity index (χ1n) is 4.60. The molecule has 0 saturated carbocycles. The second-order valence-corrected chi connectivity index (χ2v) is 3.04. The SMILES string of the molecule is O=C(NCc1ccco1)C(=O)n1ccnc1. The maximum atomic E-state index is 11.4. The normalized spacial score (nSPS) is 10.0. The molecule has 1 amide bonds. The lowest BCUT2D eigenvalue weighted by molar-refractivity contribution is -0.117. The van der Waals surface area contributed by atoms with Crippen LogP contribution in [0.3, 0.4) is 0 Å². The molecule has 2 heterocycles. The molecule has 0 radical (unpaired) electrons. The summed E-state index contributed by atoms with van der Waals surface area (Å²) in [5, 5.41) is 2.44. The number of hydrogen-bond acceptors (Lipinski definition) is 4. The van der Waals surface area contributed by atoms with Gasteiger partial charge in [-0.25, -0.2) is 4.98 Å². The Morgan fingerprint density at radius 3 is 3.00 bits per heavy atom. The molecule has 6 nitrogen and oxygen atoms in total. The zero-order chi connectivity index (χ0) is 11.4. The Balaban J connectivity index is 1.91. The molecule has 2 rings (SSSR count). The lowest BCUT2D eigenvalue weighted by Crippen LogP contribution is -2.33. The summed E-state index contributed by atoms with van der Waals surface area (Å²) in [5.41, 5.74) is 0. The van der Waals surface area contributed by atoms with Crippen LogP contribution in [0.25, 0.3) is 0 Å². The van der Waals surface area contributed by atoms with Gasteiger partial charge >= 0.3 is 11.8 Å². The highest BCUT2D eigenvalue weighted by Crippen LogP contribution is 1.98. The molecule has 0 saturated heterocycles. The van der Waals surface area contributed by atoms with E-state index < -0.39 is 11.8 Å². The number of hydrogen-bond donors (Lipinski definition) is 1. The summed E-state index contributed by atoms with van der Waals surface area (Å²) in [6.07, 6.45) is 5.61. The van der Waals surface area contributed by atoms with Gasteiger partial charge in [-0.05, 0) is 12.1 Å². The van der Waals surface area contributed by atoms with E-state index in [0.29, 0.717) is 5.76 Å².